The van der Waals surface area contributed by atoms with Crippen molar-refractivity contribution in [2.75, 3.05) is 5.32 Å². The fraction of sp³-hybridized carbons (Fsp3) is 0.161. The molecule has 14 heteroatoms. The third kappa shape index (κ3) is 6.17. The van der Waals surface area contributed by atoms with E-state index in [1.807, 2.05) is 0 Å². The maximum absolute atomic E-state index is 14.3. The van der Waals surface area contributed by atoms with E-state index in [0.29, 0.717) is 5.56 Å². The normalized spacial score (nSPS) is 12.5. The van der Waals surface area contributed by atoms with Crippen LogP contribution >= 0.6 is 0 Å². The number of aryl methyl sites for hydroxylation is 1. The molecule has 1 N–H and O–H groups in total. The van der Waals surface area contributed by atoms with Gasteiger partial charge in [0.2, 0.25) is 0 Å². The highest BCUT2D eigenvalue weighted by Gasteiger charge is 2.45. The summed E-state index contributed by atoms with van der Waals surface area (Å²) < 4.78 is 126. The van der Waals surface area contributed by atoms with Gasteiger partial charge in [-0.1, -0.05) is 66.2 Å². The van der Waals surface area contributed by atoms with Crippen molar-refractivity contribution in [3.8, 4) is 11.4 Å². The number of aromatic nitrogens is 2. The van der Waals surface area contributed by atoms with Crippen LogP contribution in [-0.2, 0) is 12.7 Å². The zero-order valence-electron chi connectivity index (χ0n) is 22.7. The fourth-order valence-electron chi connectivity index (χ4n) is 4.80. The Kier molecular flexibility index (Phi) is 7.80. The summed E-state index contributed by atoms with van der Waals surface area (Å²) in [5.74, 6) is -5.83. The van der Waals surface area contributed by atoms with Crippen molar-refractivity contribution in [2.24, 2.45) is 0 Å². The summed E-state index contributed by atoms with van der Waals surface area (Å²) in [5.41, 5.74) is -4.56. The minimum atomic E-state index is -5.69. The molecule has 5 nitrogen and oxygen atoms in total. The zero-order chi connectivity index (χ0) is 32.9. The number of nitrogens with zero attached hydrogens (tertiary/aromatic N) is 2. The monoisotopic (exact) mass is 635 g/mol. The maximum Gasteiger partial charge on any atom is 0.454 e. The lowest BCUT2D eigenvalue weighted by atomic mass is 9.91. The van der Waals surface area contributed by atoms with Gasteiger partial charge in [0, 0.05) is 33.8 Å². The summed E-state index contributed by atoms with van der Waals surface area (Å²) in [6.07, 6.45) is -16.4. The van der Waals surface area contributed by atoms with E-state index in [-0.39, 0.29) is 18.2 Å². The van der Waals surface area contributed by atoms with Gasteiger partial charge in [-0.05, 0) is 24.6 Å². The molecule has 0 atom stereocenters. The van der Waals surface area contributed by atoms with E-state index < -0.39 is 80.1 Å². The molecule has 0 spiro atoms. The number of nitrogens with one attached hydrogen (secondary N) is 1. The van der Waals surface area contributed by atoms with Crippen molar-refractivity contribution in [2.45, 2.75) is 32.0 Å². The highest BCUT2D eigenvalue weighted by Crippen LogP contribution is 2.43. The number of Topliss-reactive ketones (excluding diaryl/α,β-unsaturated/α-hetero) is 2. The molecule has 1 heterocycles. The number of benzene rings is 4. The van der Waals surface area contributed by atoms with Gasteiger partial charge in [-0.2, -0.15) is 39.5 Å². The largest absolute Gasteiger partial charge is 0.454 e. The van der Waals surface area contributed by atoms with Gasteiger partial charge in [0.05, 0.1) is 16.8 Å². The third-order valence-electron chi connectivity index (χ3n) is 6.86. The number of rotatable bonds is 6. The van der Waals surface area contributed by atoms with E-state index in [1.165, 1.54) is 24.3 Å². The quantitative estimate of drug-likeness (QED) is 0.115. The lowest BCUT2D eigenvalue weighted by Crippen LogP contribution is -2.27. The summed E-state index contributed by atoms with van der Waals surface area (Å²) in [4.78, 5) is 33.0. The Morgan fingerprint density at radius 2 is 1.29 bits per heavy atom. The summed E-state index contributed by atoms with van der Waals surface area (Å²) in [7, 11) is 0. The van der Waals surface area contributed by atoms with Gasteiger partial charge in [-0.3, -0.25) is 9.59 Å². The van der Waals surface area contributed by atoms with Crippen LogP contribution in [0, 0.1) is 6.92 Å². The summed E-state index contributed by atoms with van der Waals surface area (Å²) >= 11 is 0. The Morgan fingerprint density at radius 1 is 0.711 bits per heavy atom. The number of hydrogen-bond acceptors (Lipinski definition) is 5. The Morgan fingerprint density at radius 3 is 1.87 bits per heavy atom. The molecule has 0 saturated heterocycles. The molecule has 0 aliphatic carbocycles. The van der Waals surface area contributed by atoms with Crippen LogP contribution < -0.4 is 5.32 Å². The van der Waals surface area contributed by atoms with Crippen molar-refractivity contribution in [3.05, 3.63) is 101 Å². The first-order valence-corrected chi connectivity index (χ1v) is 12.9. The molecule has 5 rings (SSSR count). The molecule has 0 saturated carbocycles. The van der Waals surface area contributed by atoms with E-state index in [1.54, 1.807) is 37.3 Å². The van der Waals surface area contributed by atoms with Crippen LogP contribution in [0.1, 0.15) is 37.5 Å². The number of fused-ring (bicyclic) bond motifs is 3. The van der Waals surface area contributed by atoms with Gasteiger partial charge in [-0.25, -0.2) is 9.97 Å². The SMILES string of the molecule is Cc1ccc(-c2nc(C(F)(F)F)c3ccc4c(NCc5ccccc5)c(C(=O)C(F)(F)F)cc(C(=O)C(F)(F)F)c4c3n2)cc1. The standard InChI is InChI=1S/C31H18F9N3O2/c1-15-7-9-17(10-8-15)28-42-24-19(25(43-28)29(32,33)34)12-11-18-22(24)20(26(44)30(35,36)37)13-21(27(45)31(38,39)40)23(18)41-14-16-5-3-2-4-6-16/h2-13,41H,14H2,1H3. The summed E-state index contributed by atoms with van der Waals surface area (Å²) in [5, 5.41) is 0.391. The van der Waals surface area contributed by atoms with Gasteiger partial charge in [0.15, 0.2) is 11.5 Å². The molecule has 0 aliphatic heterocycles. The molecule has 0 fully saturated rings. The number of halogens is 9. The van der Waals surface area contributed by atoms with Crippen molar-refractivity contribution in [3.63, 3.8) is 0 Å². The van der Waals surface area contributed by atoms with Crippen LogP contribution in [0.2, 0.25) is 0 Å². The zero-order valence-corrected chi connectivity index (χ0v) is 22.7. The Bertz CT molecular complexity index is 1950. The maximum atomic E-state index is 14.3. The number of ketones is 2. The molecule has 1 aromatic heterocycles. The molecule has 0 bridgehead atoms. The highest BCUT2D eigenvalue weighted by atomic mass is 19.4. The van der Waals surface area contributed by atoms with Crippen molar-refractivity contribution >= 4 is 38.9 Å². The first-order chi connectivity index (χ1) is 21.0. The van der Waals surface area contributed by atoms with Gasteiger partial charge in [-0.15, -0.1) is 0 Å². The lowest BCUT2D eigenvalue weighted by molar-refractivity contribution is -0.139. The first-order valence-electron chi connectivity index (χ1n) is 12.9. The van der Waals surface area contributed by atoms with E-state index in [2.05, 4.69) is 15.3 Å². The molecule has 232 valence electrons. The molecule has 0 aliphatic rings. The second kappa shape index (κ2) is 11.2. The Hall–Kier alpha value is -5.01. The van der Waals surface area contributed by atoms with Crippen LogP contribution in [0.25, 0.3) is 33.1 Å². The van der Waals surface area contributed by atoms with Gasteiger partial charge >= 0.3 is 18.5 Å². The molecule has 4 aromatic carbocycles. The van der Waals surface area contributed by atoms with Gasteiger partial charge in [0.25, 0.3) is 11.6 Å². The predicted octanol–water partition coefficient (Wildman–Crippen LogP) is 8.88. The molecule has 0 unspecified atom stereocenters. The molecule has 45 heavy (non-hydrogen) atoms. The minimum absolute atomic E-state index is 0.0417. The van der Waals surface area contributed by atoms with Crippen LogP contribution in [0.3, 0.4) is 0 Å². The summed E-state index contributed by atoms with van der Waals surface area (Å²) in [6, 6.07) is 15.4. The van der Waals surface area contributed by atoms with Crippen molar-refractivity contribution < 1.29 is 49.1 Å². The van der Waals surface area contributed by atoms with Gasteiger partial charge < -0.3 is 5.32 Å². The van der Waals surface area contributed by atoms with E-state index in [4.69, 9.17) is 0 Å². The first kappa shape index (κ1) is 31.4. The Balaban J connectivity index is 1.95. The van der Waals surface area contributed by atoms with Crippen LogP contribution in [0.5, 0.6) is 0 Å². The molecule has 5 aromatic rings. The highest BCUT2D eigenvalue weighted by molar-refractivity contribution is 6.24. The van der Waals surface area contributed by atoms with Crippen LogP contribution in [-0.4, -0.2) is 33.9 Å². The van der Waals surface area contributed by atoms with E-state index >= 15 is 0 Å². The average Bonchev–Trinajstić information content (AvgIpc) is 2.97. The fourth-order valence-corrected chi connectivity index (χ4v) is 4.80. The van der Waals surface area contributed by atoms with E-state index in [9.17, 15) is 49.1 Å². The smallest absolute Gasteiger partial charge is 0.380 e. The molecule has 0 radical (unpaired) electrons. The topological polar surface area (TPSA) is 72.0 Å². The van der Waals surface area contributed by atoms with Crippen LogP contribution in [0.15, 0.2) is 72.8 Å². The number of hydrogen-bond donors (Lipinski definition) is 1. The average molecular weight is 635 g/mol. The van der Waals surface area contributed by atoms with Crippen LogP contribution in [0.4, 0.5) is 45.2 Å². The Labute approximate surface area is 247 Å². The minimum Gasteiger partial charge on any atom is -0.380 e. The number of alkyl halides is 9. The number of anilines is 1. The van der Waals surface area contributed by atoms with E-state index in [0.717, 1.165) is 17.7 Å². The molecular weight excluding hydrogens is 617 g/mol. The summed E-state index contributed by atoms with van der Waals surface area (Å²) in [6.45, 7) is 1.45. The van der Waals surface area contributed by atoms with Gasteiger partial charge in [0.1, 0.15) is 0 Å². The lowest BCUT2D eigenvalue weighted by Gasteiger charge is -2.20. The number of carbonyl (C=O) groups is 2. The third-order valence-corrected chi connectivity index (χ3v) is 6.86. The van der Waals surface area contributed by atoms with Crippen molar-refractivity contribution in [1.29, 1.82) is 0 Å². The molecule has 0 amide bonds. The molecular formula is C31H18F9N3O2. The number of carbonyl (C=O) groups excluding carboxylic acids is 2. The predicted molar refractivity (Wildman–Crippen MR) is 147 cm³/mol. The second-order valence-electron chi connectivity index (χ2n) is 9.98. The second-order valence-corrected chi connectivity index (χ2v) is 9.98. The van der Waals surface area contributed by atoms with Crippen molar-refractivity contribution in [1.82, 2.24) is 9.97 Å².